The highest BCUT2D eigenvalue weighted by Crippen LogP contribution is 2.29. The Morgan fingerprint density at radius 2 is 1.90 bits per heavy atom. The van der Waals surface area contributed by atoms with Crippen LogP contribution in [0.15, 0.2) is 48.5 Å². The van der Waals surface area contributed by atoms with Crippen LogP contribution in [0, 0.1) is 0 Å². The van der Waals surface area contributed by atoms with Crippen molar-refractivity contribution in [3.63, 3.8) is 0 Å². The summed E-state index contributed by atoms with van der Waals surface area (Å²) < 4.78 is 5.19. The van der Waals surface area contributed by atoms with E-state index >= 15 is 0 Å². The average Bonchev–Trinajstić information content (AvgIpc) is 2.50. The predicted octanol–water partition coefficient (Wildman–Crippen LogP) is 4.24. The summed E-state index contributed by atoms with van der Waals surface area (Å²) in [5, 5.41) is 4.09. The third-order valence-corrected chi connectivity index (χ3v) is 3.82. The van der Waals surface area contributed by atoms with Crippen LogP contribution in [0.5, 0.6) is 5.75 Å². The second kappa shape index (κ2) is 7.32. The lowest BCUT2D eigenvalue weighted by Gasteiger charge is -2.18. The summed E-state index contributed by atoms with van der Waals surface area (Å²) in [6.45, 7) is 0. The number of benzene rings is 2. The molecule has 2 nitrogen and oxygen atoms in total. The van der Waals surface area contributed by atoms with Crippen LogP contribution in [-0.2, 0) is 6.42 Å². The van der Waals surface area contributed by atoms with Gasteiger partial charge in [0.15, 0.2) is 0 Å². The first-order chi connectivity index (χ1) is 9.74. The number of halogens is 1. The molecule has 1 unspecified atom stereocenters. The fourth-order valence-corrected chi connectivity index (χ4v) is 2.63. The van der Waals surface area contributed by atoms with Crippen LogP contribution in [-0.4, -0.2) is 14.2 Å². The molecule has 1 N–H and O–H groups in total. The predicted molar refractivity (Wildman–Crippen MR) is 84.6 cm³/mol. The highest BCUT2D eigenvalue weighted by molar-refractivity contribution is 6.31. The molecule has 2 aromatic carbocycles. The smallest absolute Gasteiger partial charge is 0.120 e. The van der Waals surface area contributed by atoms with E-state index < -0.39 is 0 Å². The van der Waals surface area contributed by atoms with Gasteiger partial charge in [-0.25, -0.2) is 0 Å². The molecule has 0 saturated carbocycles. The van der Waals surface area contributed by atoms with Gasteiger partial charge in [-0.3, -0.25) is 0 Å². The molecular weight excluding hydrogens is 270 g/mol. The molecule has 2 rings (SSSR count). The van der Waals surface area contributed by atoms with E-state index in [-0.39, 0.29) is 6.04 Å². The lowest BCUT2D eigenvalue weighted by molar-refractivity contribution is 0.414. The maximum atomic E-state index is 6.34. The number of hydrogen-bond acceptors (Lipinski definition) is 2. The van der Waals surface area contributed by atoms with Crippen molar-refractivity contribution < 1.29 is 4.74 Å². The van der Waals surface area contributed by atoms with E-state index in [0.717, 1.165) is 29.2 Å². The first-order valence-electron chi connectivity index (χ1n) is 6.79. The van der Waals surface area contributed by atoms with Gasteiger partial charge < -0.3 is 10.1 Å². The quantitative estimate of drug-likeness (QED) is 0.859. The lowest BCUT2D eigenvalue weighted by atomic mass is 9.99. The Kier molecular flexibility index (Phi) is 5.45. The summed E-state index contributed by atoms with van der Waals surface area (Å²) in [6, 6.07) is 16.6. The summed E-state index contributed by atoms with van der Waals surface area (Å²) in [5.74, 6) is 0.789. The van der Waals surface area contributed by atoms with E-state index in [0.29, 0.717) is 0 Å². The van der Waals surface area contributed by atoms with Gasteiger partial charge in [0, 0.05) is 11.1 Å². The van der Waals surface area contributed by atoms with E-state index in [9.17, 15) is 0 Å². The van der Waals surface area contributed by atoms with Crippen LogP contribution < -0.4 is 10.1 Å². The first kappa shape index (κ1) is 14.9. The molecule has 1 atom stereocenters. The Bertz CT molecular complexity index is 542. The average molecular weight is 290 g/mol. The van der Waals surface area contributed by atoms with Crippen molar-refractivity contribution in [2.75, 3.05) is 14.2 Å². The molecule has 0 aliphatic heterocycles. The second-order valence-corrected chi connectivity index (χ2v) is 5.16. The van der Waals surface area contributed by atoms with Crippen molar-refractivity contribution >= 4 is 11.6 Å². The van der Waals surface area contributed by atoms with Gasteiger partial charge in [0.1, 0.15) is 5.75 Å². The van der Waals surface area contributed by atoms with E-state index in [1.807, 2.05) is 31.3 Å². The maximum Gasteiger partial charge on any atom is 0.120 e. The van der Waals surface area contributed by atoms with Gasteiger partial charge in [-0.05, 0) is 43.1 Å². The zero-order valence-corrected chi connectivity index (χ0v) is 12.7. The number of methoxy groups -OCH3 is 1. The van der Waals surface area contributed by atoms with Gasteiger partial charge in [0.25, 0.3) is 0 Å². The summed E-state index contributed by atoms with van der Waals surface area (Å²) >= 11 is 6.34. The largest absolute Gasteiger partial charge is 0.497 e. The molecular formula is C17H20ClNO. The Hall–Kier alpha value is -1.51. The van der Waals surface area contributed by atoms with Gasteiger partial charge in [-0.15, -0.1) is 0 Å². The Morgan fingerprint density at radius 3 is 2.50 bits per heavy atom. The molecule has 0 spiro atoms. The van der Waals surface area contributed by atoms with Crippen LogP contribution in [0.2, 0.25) is 5.02 Å². The van der Waals surface area contributed by atoms with Crippen molar-refractivity contribution in [3.05, 3.63) is 64.7 Å². The number of aryl methyl sites for hydroxylation is 1. The van der Waals surface area contributed by atoms with Crippen molar-refractivity contribution in [2.24, 2.45) is 0 Å². The van der Waals surface area contributed by atoms with Gasteiger partial charge in [0.05, 0.1) is 7.11 Å². The summed E-state index contributed by atoms with van der Waals surface area (Å²) in [7, 11) is 3.62. The van der Waals surface area contributed by atoms with E-state index in [2.05, 4.69) is 29.6 Å². The molecule has 0 heterocycles. The summed E-state index contributed by atoms with van der Waals surface area (Å²) in [4.78, 5) is 0. The van der Waals surface area contributed by atoms with Gasteiger partial charge >= 0.3 is 0 Å². The van der Waals surface area contributed by atoms with E-state index in [1.165, 1.54) is 5.56 Å². The third-order valence-electron chi connectivity index (χ3n) is 3.50. The van der Waals surface area contributed by atoms with Crippen LogP contribution in [0.4, 0.5) is 0 Å². The highest BCUT2D eigenvalue weighted by Gasteiger charge is 2.13. The minimum absolute atomic E-state index is 0.244. The van der Waals surface area contributed by atoms with Crippen LogP contribution >= 0.6 is 11.6 Å². The number of rotatable bonds is 6. The van der Waals surface area contributed by atoms with Crippen molar-refractivity contribution in [1.82, 2.24) is 5.32 Å². The molecule has 106 valence electrons. The second-order valence-electron chi connectivity index (χ2n) is 4.75. The minimum atomic E-state index is 0.244. The van der Waals surface area contributed by atoms with Crippen molar-refractivity contribution in [1.29, 1.82) is 0 Å². The molecule has 0 aliphatic carbocycles. The van der Waals surface area contributed by atoms with E-state index in [4.69, 9.17) is 16.3 Å². The zero-order chi connectivity index (χ0) is 14.4. The molecule has 0 saturated heterocycles. The van der Waals surface area contributed by atoms with Crippen molar-refractivity contribution in [2.45, 2.75) is 18.9 Å². The topological polar surface area (TPSA) is 21.3 Å². The van der Waals surface area contributed by atoms with Crippen LogP contribution in [0.25, 0.3) is 0 Å². The SMILES string of the molecule is CNC(CCc1ccccc1)c1ccc(OC)cc1Cl. The minimum Gasteiger partial charge on any atom is -0.497 e. The third kappa shape index (κ3) is 3.75. The lowest BCUT2D eigenvalue weighted by Crippen LogP contribution is -2.17. The number of hydrogen-bond donors (Lipinski definition) is 1. The van der Waals surface area contributed by atoms with Crippen LogP contribution in [0.1, 0.15) is 23.6 Å². The highest BCUT2D eigenvalue weighted by atomic mass is 35.5. The molecule has 3 heteroatoms. The maximum absolute atomic E-state index is 6.34. The molecule has 0 aliphatic rings. The molecule has 0 fully saturated rings. The van der Waals surface area contributed by atoms with E-state index in [1.54, 1.807) is 7.11 Å². The molecule has 0 bridgehead atoms. The standard InChI is InChI=1S/C17H20ClNO/c1-19-17(11-8-13-6-4-3-5-7-13)15-10-9-14(20-2)12-16(15)18/h3-7,9-10,12,17,19H,8,11H2,1-2H3. The fourth-order valence-electron chi connectivity index (χ4n) is 2.33. The molecule has 20 heavy (non-hydrogen) atoms. The Morgan fingerprint density at radius 1 is 1.15 bits per heavy atom. The summed E-state index contributed by atoms with van der Waals surface area (Å²) in [5.41, 5.74) is 2.46. The summed E-state index contributed by atoms with van der Waals surface area (Å²) in [6.07, 6.45) is 2.03. The molecule has 0 aromatic heterocycles. The first-order valence-corrected chi connectivity index (χ1v) is 7.17. The van der Waals surface area contributed by atoms with Gasteiger partial charge in [-0.2, -0.15) is 0 Å². The monoisotopic (exact) mass is 289 g/mol. The van der Waals surface area contributed by atoms with Crippen LogP contribution in [0.3, 0.4) is 0 Å². The Balaban J connectivity index is 2.08. The number of ether oxygens (including phenoxy) is 1. The molecule has 0 radical (unpaired) electrons. The molecule has 2 aromatic rings. The zero-order valence-electron chi connectivity index (χ0n) is 11.9. The number of nitrogens with one attached hydrogen (secondary N) is 1. The fraction of sp³-hybridized carbons (Fsp3) is 0.294. The normalized spacial score (nSPS) is 12.2. The van der Waals surface area contributed by atoms with Gasteiger partial charge in [0.2, 0.25) is 0 Å². The molecule has 0 amide bonds. The Labute approximate surface area is 125 Å². The van der Waals surface area contributed by atoms with Gasteiger partial charge in [-0.1, -0.05) is 48.0 Å². The van der Waals surface area contributed by atoms with Crippen molar-refractivity contribution in [3.8, 4) is 5.75 Å².